The van der Waals surface area contributed by atoms with E-state index < -0.39 is 5.97 Å². The molecule has 0 radical (unpaired) electrons. The average molecular weight is 291 g/mol. The lowest BCUT2D eigenvalue weighted by Crippen LogP contribution is -1.96. The molecule has 2 rings (SSSR count). The third kappa shape index (κ3) is 3.51. The van der Waals surface area contributed by atoms with Gasteiger partial charge in [0.2, 0.25) is 0 Å². The van der Waals surface area contributed by atoms with Crippen molar-refractivity contribution in [2.24, 2.45) is 0 Å². The lowest BCUT2D eigenvalue weighted by Gasteiger charge is -2.00. The van der Waals surface area contributed by atoms with E-state index in [0.717, 1.165) is 11.3 Å². The molecule has 1 aromatic heterocycles. The predicted octanol–water partition coefficient (Wildman–Crippen LogP) is 4.05. The van der Waals surface area contributed by atoms with Gasteiger partial charge in [0.15, 0.2) is 5.78 Å². The second-order valence-corrected chi connectivity index (χ2v) is 5.05. The first-order valence-corrected chi connectivity index (χ1v) is 7.13. The zero-order chi connectivity index (χ0) is 15.3. The van der Waals surface area contributed by atoms with Crippen molar-refractivity contribution in [2.75, 3.05) is 0 Å². The van der Waals surface area contributed by atoms with E-state index >= 15 is 0 Å². The van der Waals surface area contributed by atoms with Crippen LogP contribution in [-0.4, -0.2) is 21.8 Å². The van der Waals surface area contributed by atoms with E-state index in [9.17, 15) is 9.59 Å². The largest absolute Gasteiger partial charge is 0.477 e. The first-order valence-electron chi connectivity index (χ1n) is 6.31. The molecular weight excluding hydrogens is 274 g/mol. The van der Waals surface area contributed by atoms with Gasteiger partial charge >= 0.3 is 5.97 Å². The maximum absolute atomic E-state index is 11.2. The number of carbonyl (C=O) groups excluding carboxylic acids is 1. The third-order valence-electron chi connectivity index (χ3n) is 2.49. The summed E-state index contributed by atoms with van der Waals surface area (Å²) in [6.45, 7) is 7.26. The molecule has 0 bridgehead atoms. The summed E-state index contributed by atoms with van der Waals surface area (Å²) in [5.41, 5.74) is 1.77. The van der Waals surface area contributed by atoms with Gasteiger partial charge in [0, 0.05) is 11.1 Å². The Morgan fingerprint density at radius 1 is 1.15 bits per heavy atom. The van der Waals surface area contributed by atoms with Crippen LogP contribution in [0, 0.1) is 6.92 Å². The number of hydrogen-bond donors (Lipinski definition) is 1. The van der Waals surface area contributed by atoms with Crippen LogP contribution < -0.4 is 0 Å². The highest BCUT2D eigenvalue weighted by atomic mass is 32.1. The SMILES string of the molecule is CC.CC(=O)c1ccc(-c2nc(C)sc2C(=O)O)cc1. The van der Waals surface area contributed by atoms with Crippen LogP contribution in [0.15, 0.2) is 24.3 Å². The van der Waals surface area contributed by atoms with Gasteiger partial charge in [0.05, 0.1) is 10.7 Å². The number of carboxylic acid groups (broad SMARTS) is 1. The fraction of sp³-hybridized carbons (Fsp3) is 0.267. The number of aryl methyl sites for hydroxylation is 1. The van der Waals surface area contributed by atoms with Crippen LogP contribution in [0.4, 0.5) is 0 Å². The number of hydrogen-bond acceptors (Lipinski definition) is 4. The molecule has 20 heavy (non-hydrogen) atoms. The summed E-state index contributed by atoms with van der Waals surface area (Å²) in [5.74, 6) is -0.999. The van der Waals surface area contributed by atoms with E-state index in [1.807, 2.05) is 13.8 Å². The first-order chi connectivity index (χ1) is 9.49. The number of carboxylic acids is 1. The van der Waals surface area contributed by atoms with Crippen molar-refractivity contribution in [1.29, 1.82) is 0 Å². The van der Waals surface area contributed by atoms with Gasteiger partial charge in [0.25, 0.3) is 0 Å². The smallest absolute Gasteiger partial charge is 0.348 e. The second kappa shape index (κ2) is 6.96. The fourth-order valence-electron chi connectivity index (χ4n) is 1.63. The number of rotatable bonds is 3. The number of aromatic carboxylic acids is 1. The van der Waals surface area contributed by atoms with Crippen LogP contribution in [0.25, 0.3) is 11.3 Å². The Bertz CT molecular complexity index is 615. The van der Waals surface area contributed by atoms with E-state index in [1.165, 1.54) is 6.92 Å². The highest BCUT2D eigenvalue weighted by molar-refractivity contribution is 7.14. The van der Waals surface area contributed by atoms with Gasteiger partial charge in [-0.1, -0.05) is 38.1 Å². The molecule has 4 nitrogen and oxygen atoms in total. The van der Waals surface area contributed by atoms with Crippen LogP contribution in [0.1, 0.15) is 45.8 Å². The minimum atomic E-state index is -0.980. The van der Waals surface area contributed by atoms with Gasteiger partial charge in [-0.2, -0.15) is 0 Å². The molecule has 1 heterocycles. The summed E-state index contributed by atoms with van der Waals surface area (Å²) >= 11 is 1.15. The maximum atomic E-state index is 11.2. The lowest BCUT2D eigenvalue weighted by molar-refractivity contribution is 0.0702. The maximum Gasteiger partial charge on any atom is 0.348 e. The van der Waals surface area contributed by atoms with E-state index in [2.05, 4.69) is 4.98 Å². The fourth-order valence-corrected chi connectivity index (χ4v) is 2.41. The number of nitrogens with zero attached hydrogens (tertiary/aromatic N) is 1. The Kier molecular flexibility index (Phi) is 5.58. The van der Waals surface area contributed by atoms with Gasteiger partial charge in [-0.25, -0.2) is 9.78 Å². The van der Waals surface area contributed by atoms with Crippen molar-refractivity contribution in [3.63, 3.8) is 0 Å². The highest BCUT2D eigenvalue weighted by Gasteiger charge is 2.17. The normalized spacial score (nSPS) is 9.60. The monoisotopic (exact) mass is 291 g/mol. The Balaban J connectivity index is 0.000000956. The zero-order valence-electron chi connectivity index (χ0n) is 11.9. The molecule has 0 spiro atoms. The summed E-state index contributed by atoms with van der Waals surface area (Å²) in [4.78, 5) is 26.7. The molecule has 0 amide bonds. The minimum absolute atomic E-state index is 0.0190. The Labute approximate surface area is 122 Å². The molecule has 0 aliphatic carbocycles. The number of ketones is 1. The number of benzene rings is 1. The standard InChI is InChI=1S/C13H11NO3S.C2H6/c1-7(15)9-3-5-10(6-4-9)11-12(13(16)17)18-8(2)14-11;1-2/h3-6H,1-2H3,(H,16,17);1-2H3. The second-order valence-electron chi connectivity index (χ2n) is 3.85. The highest BCUT2D eigenvalue weighted by Crippen LogP contribution is 2.28. The van der Waals surface area contributed by atoms with Gasteiger partial charge in [-0.05, 0) is 13.8 Å². The molecule has 0 fully saturated rings. The molecule has 0 unspecified atom stereocenters. The number of Topliss-reactive ketones (excluding diaryl/α,β-unsaturated/α-hetero) is 1. The molecule has 1 N–H and O–H groups in total. The average Bonchev–Trinajstić information content (AvgIpc) is 2.83. The molecule has 0 aliphatic rings. The molecule has 1 aromatic carbocycles. The van der Waals surface area contributed by atoms with Gasteiger partial charge in [-0.15, -0.1) is 11.3 Å². The van der Waals surface area contributed by atoms with Gasteiger partial charge < -0.3 is 5.11 Å². The van der Waals surface area contributed by atoms with E-state index in [0.29, 0.717) is 21.8 Å². The number of aromatic nitrogens is 1. The molecule has 5 heteroatoms. The van der Waals surface area contributed by atoms with E-state index in [4.69, 9.17) is 5.11 Å². The third-order valence-corrected chi connectivity index (χ3v) is 3.45. The van der Waals surface area contributed by atoms with Gasteiger partial charge in [0.1, 0.15) is 4.88 Å². The molecule has 0 saturated heterocycles. The summed E-state index contributed by atoms with van der Waals surface area (Å²) < 4.78 is 0. The molecule has 0 aliphatic heterocycles. The van der Waals surface area contributed by atoms with E-state index in [-0.39, 0.29) is 10.7 Å². The molecule has 2 aromatic rings. The number of thiazole rings is 1. The lowest BCUT2D eigenvalue weighted by atomic mass is 10.1. The quantitative estimate of drug-likeness (QED) is 0.866. The Morgan fingerprint density at radius 3 is 2.15 bits per heavy atom. The summed E-state index contributed by atoms with van der Waals surface area (Å²) in [6, 6.07) is 6.80. The van der Waals surface area contributed by atoms with Crippen LogP contribution in [0.3, 0.4) is 0 Å². The summed E-state index contributed by atoms with van der Waals surface area (Å²) in [7, 11) is 0. The van der Waals surface area contributed by atoms with Crippen LogP contribution in [-0.2, 0) is 0 Å². The van der Waals surface area contributed by atoms with Crippen molar-refractivity contribution in [3.05, 3.63) is 39.7 Å². The summed E-state index contributed by atoms with van der Waals surface area (Å²) in [6.07, 6.45) is 0. The van der Waals surface area contributed by atoms with Crippen LogP contribution in [0.5, 0.6) is 0 Å². The summed E-state index contributed by atoms with van der Waals surface area (Å²) in [5, 5.41) is 9.81. The van der Waals surface area contributed by atoms with Crippen molar-refractivity contribution in [2.45, 2.75) is 27.7 Å². The molecular formula is C15H17NO3S. The minimum Gasteiger partial charge on any atom is -0.477 e. The predicted molar refractivity (Wildman–Crippen MR) is 80.6 cm³/mol. The number of carbonyl (C=O) groups is 2. The first kappa shape index (κ1) is 16.0. The Morgan fingerprint density at radius 2 is 1.70 bits per heavy atom. The topological polar surface area (TPSA) is 67.3 Å². The molecule has 0 atom stereocenters. The van der Waals surface area contributed by atoms with Gasteiger partial charge in [-0.3, -0.25) is 4.79 Å². The zero-order valence-corrected chi connectivity index (χ0v) is 12.7. The van der Waals surface area contributed by atoms with E-state index in [1.54, 1.807) is 31.2 Å². The van der Waals surface area contributed by atoms with Crippen molar-refractivity contribution < 1.29 is 14.7 Å². The van der Waals surface area contributed by atoms with Crippen LogP contribution in [0.2, 0.25) is 0 Å². The van der Waals surface area contributed by atoms with Crippen molar-refractivity contribution in [3.8, 4) is 11.3 Å². The molecule has 106 valence electrons. The van der Waals surface area contributed by atoms with Crippen molar-refractivity contribution in [1.82, 2.24) is 4.98 Å². The van der Waals surface area contributed by atoms with Crippen LogP contribution >= 0.6 is 11.3 Å². The van der Waals surface area contributed by atoms with Crippen molar-refractivity contribution >= 4 is 23.1 Å². The molecule has 0 saturated carbocycles. The Hall–Kier alpha value is -2.01.